The van der Waals surface area contributed by atoms with E-state index >= 15 is 0 Å². The molecule has 0 N–H and O–H groups in total. The van der Waals surface area contributed by atoms with Gasteiger partial charge in [0.1, 0.15) is 0 Å². The maximum absolute atomic E-state index is 6.05. The van der Waals surface area contributed by atoms with Crippen LogP contribution < -0.4 is 0 Å². The third-order valence-electron chi connectivity index (χ3n) is 2.46. The minimum atomic E-state index is 0.512. The number of aromatic nitrogens is 2. The molecule has 0 aliphatic heterocycles. The van der Waals surface area contributed by atoms with Gasteiger partial charge < -0.3 is 0 Å². The third-order valence-corrected chi connectivity index (χ3v) is 2.78. The van der Waals surface area contributed by atoms with Gasteiger partial charge in [0.05, 0.1) is 17.6 Å². The van der Waals surface area contributed by atoms with Crippen molar-refractivity contribution < 1.29 is 0 Å². The molecule has 0 fully saturated rings. The van der Waals surface area contributed by atoms with E-state index in [0.717, 1.165) is 23.4 Å². The molecule has 1 heterocycles. The van der Waals surface area contributed by atoms with E-state index in [1.165, 1.54) is 0 Å². The molecular formula is C14H15ClN2. The number of halogens is 1. The molecule has 88 valence electrons. The molecule has 0 aliphatic rings. The van der Waals surface area contributed by atoms with Crippen LogP contribution in [0.1, 0.15) is 19.5 Å². The molecule has 0 aliphatic carbocycles. The van der Waals surface area contributed by atoms with Gasteiger partial charge in [-0.25, -0.2) is 9.97 Å². The number of hydrogen-bond acceptors (Lipinski definition) is 2. The Balaban J connectivity index is 2.37. The molecule has 0 bridgehead atoms. The van der Waals surface area contributed by atoms with Crippen molar-refractivity contribution in [1.29, 1.82) is 0 Å². The lowest BCUT2D eigenvalue weighted by Crippen LogP contribution is -2.01. The second kappa shape index (κ2) is 5.28. The fourth-order valence-electron chi connectivity index (χ4n) is 1.68. The van der Waals surface area contributed by atoms with Gasteiger partial charge >= 0.3 is 0 Å². The van der Waals surface area contributed by atoms with Crippen LogP contribution in [0.25, 0.3) is 11.3 Å². The van der Waals surface area contributed by atoms with E-state index < -0.39 is 0 Å². The van der Waals surface area contributed by atoms with Gasteiger partial charge in [-0.2, -0.15) is 0 Å². The highest BCUT2D eigenvalue weighted by molar-refractivity contribution is 6.30. The van der Waals surface area contributed by atoms with E-state index in [1.807, 2.05) is 30.3 Å². The molecule has 0 saturated carbocycles. The molecule has 3 heteroatoms. The SMILES string of the molecule is CC(C)Cc1nc(-c2ccccc2)cnc1Cl. The van der Waals surface area contributed by atoms with Crippen molar-refractivity contribution in [1.82, 2.24) is 9.97 Å². The van der Waals surface area contributed by atoms with Crippen LogP contribution in [0.15, 0.2) is 36.5 Å². The van der Waals surface area contributed by atoms with Crippen LogP contribution in [0.4, 0.5) is 0 Å². The van der Waals surface area contributed by atoms with Crippen LogP contribution in [0.5, 0.6) is 0 Å². The van der Waals surface area contributed by atoms with Crippen molar-refractivity contribution in [2.24, 2.45) is 5.92 Å². The van der Waals surface area contributed by atoms with Crippen LogP contribution in [0.2, 0.25) is 5.15 Å². The maximum Gasteiger partial charge on any atom is 0.150 e. The summed E-state index contributed by atoms with van der Waals surface area (Å²) in [6, 6.07) is 10.0. The lowest BCUT2D eigenvalue weighted by atomic mass is 10.1. The zero-order valence-corrected chi connectivity index (χ0v) is 10.8. The Hall–Kier alpha value is -1.41. The summed E-state index contributed by atoms with van der Waals surface area (Å²) in [5, 5.41) is 0.512. The summed E-state index contributed by atoms with van der Waals surface area (Å²) in [4.78, 5) is 8.80. The minimum absolute atomic E-state index is 0.512. The van der Waals surface area contributed by atoms with E-state index in [1.54, 1.807) is 6.20 Å². The topological polar surface area (TPSA) is 25.8 Å². The lowest BCUT2D eigenvalue weighted by Gasteiger charge is -2.08. The van der Waals surface area contributed by atoms with Gasteiger partial charge in [-0.05, 0) is 12.3 Å². The Labute approximate surface area is 107 Å². The van der Waals surface area contributed by atoms with Gasteiger partial charge in [0.25, 0.3) is 0 Å². The van der Waals surface area contributed by atoms with E-state index in [9.17, 15) is 0 Å². The van der Waals surface area contributed by atoms with E-state index in [4.69, 9.17) is 11.6 Å². The summed E-state index contributed by atoms with van der Waals surface area (Å²) in [5.74, 6) is 0.521. The predicted octanol–water partition coefficient (Wildman–Crippen LogP) is 4.00. The normalized spacial score (nSPS) is 10.8. The van der Waals surface area contributed by atoms with Gasteiger partial charge in [-0.15, -0.1) is 0 Å². The summed E-state index contributed by atoms with van der Waals surface area (Å²) in [5.41, 5.74) is 2.83. The molecule has 1 aromatic carbocycles. The highest BCUT2D eigenvalue weighted by Crippen LogP contribution is 2.20. The lowest BCUT2D eigenvalue weighted by molar-refractivity contribution is 0.634. The Bertz CT molecular complexity index is 495. The molecule has 0 atom stereocenters. The van der Waals surface area contributed by atoms with Crippen LogP contribution in [-0.4, -0.2) is 9.97 Å². The van der Waals surface area contributed by atoms with Crippen molar-refractivity contribution in [2.75, 3.05) is 0 Å². The van der Waals surface area contributed by atoms with Gasteiger partial charge in [0.2, 0.25) is 0 Å². The van der Waals surface area contributed by atoms with Crippen molar-refractivity contribution >= 4 is 11.6 Å². The number of benzene rings is 1. The average Bonchev–Trinajstić information content (AvgIpc) is 2.32. The Morgan fingerprint density at radius 1 is 1.18 bits per heavy atom. The largest absolute Gasteiger partial charge is 0.248 e. The average molecular weight is 247 g/mol. The first kappa shape index (κ1) is 12.1. The van der Waals surface area contributed by atoms with Crippen LogP contribution in [0.3, 0.4) is 0 Å². The monoisotopic (exact) mass is 246 g/mol. The molecule has 0 radical (unpaired) electrons. The standard InChI is InChI=1S/C14H15ClN2/c1-10(2)8-12-14(15)16-9-13(17-12)11-6-4-3-5-7-11/h3-7,9-10H,8H2,1-2H3. The zero-order chi connectivity index (χ0) is 12.3. The molecule has 17 heavy (non-hydrogen) atoms. The van der Waals surface area contributed by atoms with Crippen molar-refractivity contribution in [2.45, 2.75) is 20.3 Å². The number of hydrogen-bond donors (Lipinski definition) is 0. The van der Waals surface area contributed by atoms with E-state index in [-0.39, 0.29) is 0 Å². The second-order valence-corrected chi connectivity index (χ2v) is 4.81. The molecule has 0 unspecified atom stereocenters. The zero-order valence-electron chi connectivity index (χ0n) is 10.0. The first-order valence-electron chi connectivity index (χ1n) is 5.73. The highest BCUT2D eigenvalue weighted by Gasteiger charge is 2.08. The summed E-state index contributed by atoms with van der Waals surface area (Å²) < 4.78 is 0. The predicted molar refractivity (Wildman–Crippen MR) is 71.0 cm³/mol. The van der Waals surface area contributed by atoms with Crippen molar-refractivity contribution in [3.63, 3.8) is 0 Å². The second-order valence-electron chi connectivity index (χ2n) is 4.46. The van der Waals surface area contributed by atoms with E-state index in [2.05, 4.69) is 23.8 Å². The Kier molecular flexibility index (Phi) is 3.75. The summed E-state index contributed by atoms with van der Waals surface area (Å²) >= 11 is 6.05. The maximum atomic E-state index is 6.05. The summed E-state index contributed by atoms with van der Waals surface area (Å²) in [7, 11) is 0. The Morgan fingerprint density at radius 3 is 2.53 bits per heavy atom. The Morgan fingerprint density at radius 2 is 1.88 bits per heavy atom. The first-order chi connectivity index (χ1) is 8.16. The van der Waals surface area contributed by atoms with Gasteiger partial charge in [0, 0.05) is 5.56 Å². The number of nitrogens with zero attached hydrogens (tertiary/aromatic N) is 2. The molecule has 0 amide bonds. The molecule has 0 spiro atoms. The molecule has 2 rings (SSSR count). The van der Waals surface area contributed by atoms with Crippen LogP contribution >= 0.6 is 11.6 Å². The van der Waals surface area contributed by atoms with Crippen molar-refractivity contribution in [3.05, 3.63) is 47.4 Å². The minimum Gasteiger partial charge on any atom is -0.248 e. The van der Waals surface area contributed by atoms with Gasteiger partial charge in [-0.3, -0.25) is 0 Å². The quantitative estimate of drug-likeness (QED) is 0.818. The molecule has 2 nitrogen and oxygen atoms in total. The van der Waals surface area contributed by atoms with Gasteiger partial charge in [-0.1, -0.05) is 55.8 Å². The van der Waals surface area contributed by atoms with Crippen LogP contribution in [0, 0.1) is 5.92 Å². The highest BCUT2D eigenvalue weighted by atomic mass is 35.5. The first-order valence-corrected chi connectivity index (χ1v) is 6.11. The smallest absolute Gasteiger partial charge is 0.150 e. The summed E-state index contributed by atoms with van der Waals surface area (Å²) in [6.07, 6.45) is 2.58. The molecule has 2 aromatic rings. The van der Waals surface area contributed by atoms with Crippen LogP contribution in [-0.2, 0) is 6.42 Å². The molecule has 1 aromatic heterocycles. The summed E-state index contributed by atoms with van der Waals surface area (Å²) in [6.45, 7) is 4.29. The van der Waals surface area contributed by atoms with Crippen molar-refractivity contribution in [3.8, 4) is 11.3 Å². The third kappa shape index (κ3) is 3.04. The number of rotatable bonds is 3. The fourth-order valence-corrected chi connectivity index (χ4v) is 1.85. The van der Waals surface area contributed by atoms with Gasteiger partial charge in [0.15, 0.2) is 5.15 Å². The molecule has 0 saturated heterocycles. The molecular weight excluding hydrogens is 232 g/mol. The van der Waals surface area contributed by atoms with E-state index in [0.29, 0.717) is 11.1 Å². The fraction of sp³-hybridized carbons (Fsp3) is 0.286.